The number of rotatable bonds is 4. The predicted octanol–water partition coefficient (Wildman–Crippen LogP) is 4.01. The maximum absolute atomic E-state index is 12.0. The van der Waals surface area contributed by atoms with Gasteiger partial charge in [-0.15, -0.1) is 0 Å². The lowest BCUT2D eigenvalue weighted by molar-refractivity contribution is 0.210. The largest absolute Gasteiger partial charge is 0.324 e. The van der Waals surface area contributed by atoms with Crippen molar-refractivity contribution in [1.82, 2.24) is 4.90 Å². The molecule has 0 aliphatic heterocycles. The average Bonchev–Trinajstić information content (AvgIpc) is 2.39. The molecule has 6 heteroatoms. The lowest BCUT2D eigenvalue weighted by Crippen LogP contribution is -2.37. The minimum Gasteiger partial charge on any atom is -0.324 e. The molecule has 1 unspecified atom stereocenters. The molecule has 0 fully saturated rings. The van der Waals surface area contributed by atoms with Crippen LogP contribution in [0.1, 0.15) is 13.8 Å². The van der Waals surface area contributed by atoms with Crippen molar-refractivity contribution >= 4 is 34.9 Å². The number of hydrogen-bond donors (Lipinski definition) is 1. The van der Waals surface area contributed by atoms with Crippen molar-refractivity contribution in [2.75, 3.05) is 18.4 Å². The number of urea groups is 1. The second-order valence-corrected chi connectivity index (χ2v) is 4.94. The van der Waals surface area contributed by atoms with E-state index in [0.29, 0.717) is 28.8 Å². The highest BCUT2D eigenvalue weighted by atomic mass is 35.5. The molecule has 0 aliphatic rings. The zero-order valence-corrected chi connectivity index (χ0v) is 12.3. The summed E-state index contributed by atoms with van der Waals surface area (Å²) in [5, 5.41) is 12.3. The molecular weight excluding hydrogens is 285 g/mol. The molecule has 0 saturated heterocycles. The monoisotopic (exact) mass is 299 g/mol. The third kappa shape index (κ3) is 4.62. The quantitative estimate of drug-likeness (QED) is 0.913. The standard InChI is InChI=1S/C13H15Cl2N3O/c1-3-18(8-9(2)7-16)13(19)17-10-4-5-11(14)12(15)6-10/h4-6,9H,3,8H2,1-2H3,(H,17,19). The Morgan fingerprint density at radius 3 is 2.68 bits per heavy atom. The van der Waals surface area contributed by atoms with E-state index in [1.54, 1.807) is 30.0 Å². The fraction of sp³-hybridized carbons (Fsp3) is 0.385. The van der Waals surface area contributed by atoms with E-state index in [-0.39, 0.29) is 11.9 Å². The molecule has 0 heterocycles. The van der Waals surface area contributed by atoms with E-state index < -0.39 is 0 Å². The Morgan fingerprint density at radius 2 is 2.16 bits per heavy atom. The predicted molar refractivity (Wildman–Crippen MR) is 77.5 cm³/mol. The minimum atomic E-state index is -0.261. The summed E-state index contributed by atoms with van der Waals surface area (Å²) in [6.07, 6.45) is 0. The number of hydrogen-bond acceptors (Lipinski definition) is 2. The molecule has 19 heavy (non-hydrogen) atoms. The van der Waals surface area contributed by atoms with Gasteiger partial charge in [-0.25, -0.2) is 4.79 Å². The van der Waals surface area contributed by atoms with Crippen LogP contribution in [-0.4, -0.2) is 24.0 Å². The molecule has 1 atom stereocenters. The Balaban J connectivity index is 2.71. The molecule has 2 amide bonds. The summed E-state index contributed by atoms with van der Waals surface area (Å²) in [7, 11) is 0. The van der Waals surface area contributed by atoms with E-state index >= 15 is 0 Å². The van der Waals surface area contributed by atoms with Crippen LogP contribution in [0.25, 0.3) is 0 Å². The molecule has 1 rings (SSSR count). The van der Waals surface area contributed by atoms with Crippen LogP contribution in [0.5, 0.6) is 0 Å². The third-order valence-electron chi connectivity index (χ3n) is 2.55. The molecule has 0 spiro atoms. The van der Waals surface area contributed by atoms with E-state index in [0.717, 1.165) is 0 Å². The summed E-state index contributed by atoms with van der Waals surface area (Å²) >= 11 is 11.7. The highest BCUT2D eigenvalue weighted by molar-refractivity contribution is 6.42. The van der Waals surface area contributed by atoms with Gasteiger partial charge in [0.05, 0.1) is 22.0 Å². The molecule has 1 aromatic carbocycles. The topological polar surface area (TPSA) is 56.1 Å². The number of nitrogens with zero attached hydrogens (tertiary/aromatic N) is 2. The van der Waals surface area contributed by atoms with Crippen molar-refractivity contribution in [3.05, 3.63) is 28.2 Å². The Morgan fingerprint density at radius 1 is 1.47 bits per heavy atom. The van der Waals surface area contributed by atoms with Gasteiger partial charge in [-0.2, -0.15) is 5.26 Å². The van der Waals surface area contributed by atoms with Crippen molar-refractivity contribution in [3.63, 3.8) is 0 Å². The van der Waals surface area contributed by atoms with Gasteiger partial charge in [0, 0.05) is 18.8 Å². The Kier molecular flexibility index (Phi) is 5.94. The highest BCUT2D eigenvalue weighted by Crippen LogP contribution is 2.25. The van der Waals surface area contributed by atoms with Gasteiger partial charge >= 0.3 is 6.03 Å². The molecular formula is C13H15Cl2N3O. The zero-order chi connectivity index (χ0) is 14.4. The van der Waals surface area contributed by atoms with E-state index in [1.165, 1.54) is 0 Å². The maximum Gasteiger partial charge on any atom is 0.321 e. The lowest BCUT2D eigenvalue weighted by Gasteiger charge is -2.22. The second kappa shape index (κ2) is 7.22. The van der Waals surface area contributed by atoms with Crippen LogP contribution in [-0.2, 0) is 0 Å². The Labute approximate surface area is 122 Å². The Hall–Kier alpha value is -1.44. The van der Waals surface area contributed by atoms with Crippen LogP contribution in [0.2, 0.25) is 10.0 Å². The highest BCUT2D eigenvalue weighted by Gasteiger charge is 2.15. The van der Waals surface area contributed by atoms with Gasteiger partial charge in [0.1, 0.15) is 0 Å². The molecule has 4 nitrogen and oxygen atoms in total. The first kappa shape index (κ1) is 15.6. The average molecular weight is 300 g/mol. The van der Waals surface area contributed by atoms with Gasteiger partial charge in [-0.1, -0.05) is 23.2 Å². The van der Waals surface area contributed by atoms with Crippen LogP contribution in [0.4, 0.5) is 10.5 Å². The van der Waals surface area contributed by atoms with Gasteiger partial charge < -0.3 is 10.2 Å². The maximum atomic E-state index is 12.0. The summed E-state index contributed by atoms with van der Waals surface area (Å²) in [5.74, 6) is -0.209. The van der Waals surface area contributed by atoms with Crippen molar-refractivity contribution in [2.24, 2.45) is 5.92 Å². The first-order valence-electron chi connectivity index (χ1n) is 5.88. The number of halogens is 2. The van der Waals surface area contributed by atoms with E-state index in [9.17, 15) is 4.79 Å². The molecule has 0 radical (unpaired) electrons. The molecule has 0 saturated carbocycles. The summed E-state index contributed by atoms with van der Waals surface area (Å²) in [6, 6.07) is 6.72. The molecule has 1 aromatic rings. The molecule has 102 valence electrons. The molecule has 0 aliphatic carbocycles. The van der Waals surface area contributed by atoms with Crippen LogP contribution in [0.3, 0.4) is 0 Å². The lowest BCUT2D eigenvalue weighted by atomic mass is 10.2. The summed E-state index contributed by atoms with van der Waals surface area (Å²) in [5.41, 5.74) is 0.572. The summed E-state index contributed by atoms with van der Waals surface area (Å²) in [4.78, 5) is 13.6. The van der Waals surface area contributed by atoms with Crippen LogP contribution < -0.4 is 5.32 Å². The van der Waals surface area contributed by atoms with E-state index in [1.807, 2.05) is 6.92 Å². The Bertz CT molecular complexity index is 499. The number of anilines is 1. The SMILES string of the molecule is CCN(CC(C)C#N)C(=O)Nc1ccc(Cl)c(Cl)c1. The fourth-order valence-electron chi connectivity index (χ4n) is 1.50. The van der Waals surface area contributed by atoms with Crippen LogP contribution >= 0.6 is 23.2 Å². The van der Waals surface area contributed by atoms with E-state index in [4.69, 9.17) is 28.5 Å². The van der Waals surface area contributed by atoms with Gasteiger partial charge in [0.25, 0.3) is 0 Å². The van der Waals surface area contributed by atoms with Gasteiger partial charge in [-0.05, 0) is 32.0 Å². The van der Waals surface area contributed by atoms with Crippen molar-refractivity contribution in [1.29, 1.82) is 5.26 Å². The number of carbonyl (C=O) groups excluding carboxylic acids is 1. The minimum absolute atomic E-state index is 0.209. The van der Waals surface area contributed by atoms with E-state index in [2.05, 4.69) is 11.4 Å². The number of nitriles is 1. The number of benzene rings is 1. The van der Waals surface area contributed by atoms with Crippen LogP contribution in [0, 0.1) is 17.2 Å². The van der Waals surface area contributed by atoms with Crippen molar-refractivity contribution in [2.45, 2.75) is 13.8 Å². The van der Waals surface area contributed by atoms with Gasteiger partial charge in [0.2, 0.25) is 0 Å². The summed E-state index contributed by atoms with van der Waals surface area (Å²) in [6.45, 7) is 4.55. The smallest absolute Gasteiger partial charge is 0.321 e. The summed E-state index contributed by atoms with van der Waals surface area (Å²) < 4.78 is 0. The molecule has 0 aromatic heterocycles. The first-order chi connectivity index (χ1) is 8.97. The van der Waals surface area contributed by atoms with Crippen LogP contribution in [0.15, 0.2) is 18.2 Å². The second-order valence-electron chi connectivity index (χ2n) is 4.13. The number of amides is 2. The first-order valence-corrected chi connectivity index (χ1v) is 6.64. The zero-order valence-electron chi connectivity index (χ0n) is 10.8. The fourth-order valence-corrected chi connectivity index (χ4v) is 1.80. The number of carbonyl (C=O) groups is 1. The van der Waals surface area contributed by atoms with Gasteiger partial charge in [-0.3, -0.25) is 0 Å². The van der Waals surface area contributed by atoms with Crippen molar-refractivity contribution < 1.29 is 4.79 Å². The number of nitrogens with one attached hydrogen (secondary N) is 1. The molecule has 1 N–H and O–H groups in total. The van der Waals surface area contributed by atoms with Gasteiger partial charge in [0.15, 0.2) is 0 Å². The van der Waals surface area contributed by atoms with Crippen molar-refractivity contribution in [3.8, 4) is 6.07 Å². The normalized spacial score (nSPS) is 11.5. The third-order valence-corrected chi connectivity index (χ3v) is 3.29. The molecule has 0 bridgehead atoms.